The second kappa shape index (κ2) is 3.73. The Labute approximate surface area is 89.8 Å². The number of anilines is 1. The van der Waals surface area contributed by atoms with Gasteiger partial charge in [-0.2, -0.15) is 0 Å². The fourth-order valence-corrected chi connectivity index (χ4v) is 1.62. The molecule has 2 nitrogen and oxygen atoms in total. The first kappa shape index (κ1) is 9.71. The van der Waals surface area contributed by atoms with Gasteiger partial charge in [-0.05, 0) is 31.0 Å². The minimum atomic E-state index is 0.770. The third-order valence-electron chi connectivity index (χ3n) is 2.61. The quantitative estimate of drug-likeness (QED) is 0.765. The van der Waals surface area contributed by atoms with Crippen molar-refractivity contribution in [1.29, 1.82) is 0 Å². The Balaban J connectivity index is 2.65. The predicted molar refractivity (Wildman–Crippen MR) is 63.6 cm³/mol. The van der Waals surface area contributed by atoms with Crippen molar-refractivity contribution in [3.8, 4) is 11.3 Å². The number of benzene rings is 1. The van der Waals surface area contributed by atoms with Crippen LogP contribution >= 0.6 is 0 Å². The maximum absolute atomic E-state index is 6.02. The van der Waals surface area contributed by atoms with Crippen LogP contribution < -0.4 is 5.73 Å². The molecular weight excluding hydrogens is 184 g/mol. The van der Waals surface area contributed by atoms with Gasteiger partial charge in [0.05, 0.1) is 11.4 Å². The van der Waals surface area contributed by atoms with E-state index in [2.05, 4.69) is 18.0 Å². The lowest BCUT2D eigenvalue weighted by atomic mass is 10.0. The molecule has 1 heterocycles. The zero-order chi connectivity index (χ0) is 10.8. The Kier molecular flexibility index (Phi) is 2.42. The Bertz CT molecular complexity index is 490. The van der Waals surface area contributed by atoms with Gasteiger partial charge in [-0.15, -0.1) is 0 Å². The van der Waals surface area contributed by atoms with Gasteiger partial charge in [0.1, 0.15) is 0 Å². The molecule has 2 heteroatoms. The summed E-state index contributed by atoms with van der Waals surface area (Å²) >= 11 is 0. The fraction of sp³-hybridized carbons (Fsp3) is 0.154. The number of hydrogen-bond acceptors (Lipinski definition) is 2. The van der Waals surface area contributed by atoms with Crippen LogP contribution in [0.5, 0.6) is 0 Å². The summed E-state index contributed by atoms with van der Waals surface area (Å²) in [6.45, 7) is 4.07. The highest BCUT2D eigenvalue weighted by molar-refractivity contribution is 5.76. The monoisotopic (exact) mass is 198 g/mol. The van der Waals surface area contributed by atoms with Crippen LogP contribution in [0.3, 0.4) is 0 Å². The second-order valence-corrected chi connectivity index (χ2v) is 3.71. The van der Waals surface area contributed by atoms with E-state index in [4.69, 9.17) is 5.73 Å². The first-order chi connectivity index (χ1) is 7.20. The minimum Gasteiger partial charge on any atom is -0.397 e. The Morgan fingerprint density at radius 1 is 1.00 bits per heavy atom. The van der Waals surface area contributed by atoms with Crippen molar-refractivity contribution in [1.82, 2.24) is 4.98 Å². The van der Waals surface area contributed by atoms with Crippen molar-refractivity contribution in [3.63, 3.8) is 0 Å². The van der Waals surface area contributed by atoms with Crippen molar-refractivity contribution in [2.24, 2.45) is 0 Å². The van der Waals surface area contributed by atoms with E-state index in [1.807, 2.05) is 31.2 Å². The van der Waals surface area contributed by atoms with E-state index < -0.39 is 0 Å². The Morgan fingerprint density at radius 3 is 2.47 bits per heavy atom. The van der Waals surface area contributed by atoms with Crippen molar-refractivity contribution < 1.29 is 0 Å². The van der Waals surface area contributed by atoms with Crippen molar-refractivity contribution >= 4 is 5.69 Å². The Morgan fingerprint density at radius 2 is 1.73 bits per heavy atom. The molecule has 0 saturated carbocycles. The lowest BCUT2D eigenvalue weighted by molar-refractivity contribution is 1.28. The SMILES string of the molecule is Cc1ccccc1-c1nccc(C)c1N. The first-order valence-electron chi connectivity index (χ1n) is 4.97. The number of aryl methyl sites for hydroxylation is 2. The van der Waals surface area contributed by atoms with Gasteiger partial charge in [0.25, 0.3) is 0 Å². The first-order valence-corrected chi connectivity index (χ1v) is 4.97. The molecule has 0 aliphatic rings. The van der Waals surface area contributed by atoms with Crippen LogP contribution in [-0.2, 0) is 0 Å². The summed E-state index contributed by atoms with van der Waals surface area (Å²) in [4.78, 5) is 4.35. The van der Waals surface area contributed by atoms with Gasteiger partial charge in [-0.25, -0.2) is 0 Å². The van der Waals surface area contributed by atoms with Gasteiger partial charge in [0.15, 0.2) is 0 Å². The molecule has 0 radical (unpaired) electrons. The van der Waals surface area contributed by atoms with E-state index >= 15 is 0 Å². The van der Waals surface area contributed by atoms with Gasteiger partial charge < -0.3 is 5.73 Å². The average Bonchev–Trinajstić information content (AvgIpc) is 2.23. The summed E-state index contributed by atoms with van der Waals surface area (Å²) in [6.07, 6.45) is 1.80. The topological polar surface area (TPSA) is 38.9 Å². The molecule has 0 saturated heterocycles. The van der Waals surface area contributed by atoms with Crippen LogP contribution in [0.2, 0.25) is 0 Å². The van der Waals surface area contributed by atoms with E-state index in [9.17, 15) is 0 Å². The van der Waals surface area contributed by atoms with Gasteiger partial charge >= 0.3 is 0 Å². The summed E-state index contributed by atoms with van der Waals surface area (Å²) in [5, 5.41) is 0. The molecule has 76 valence electrons. The highest BCUT2D eigenvalue weighted by atomic mass is 14.7. The number of nitrogens with zero attached hydrogens (tertiary/aromatic N) is 1. The molecule has 0 aliphatic heterocycles. The maximum atomic E-state index is 6.02. The number of rotatable bonds is 1. The summed E-state index contributed by atoms with van der Waals surface area (Å²) in [6, 6.07) is 10.1. The van der Waals surface area contributed by atoms with Crippen LogP contribution in [0.1, 0.15) is 11.1 Å². The molecule has 0 fully saturated rings. The van der Waals surface area contributed by atoms with Crippen LogP contribution in [-0.4, -0.2) is 4.98 Å². The van der Waals surface area contributed by atoms with Crippen LogP contribution in [0, 0.1) is 13.8 Å². The van der Waals surface area contributed by atoms with Gasteiger partial charge in [-0.1, -0.05) is 24.3 Å². The highest BCUT2D eigenvalue weighted by Gasteiger charge is 2.07. The van der Waals surface area contributed by atoms with Crippen LogP contribution in [0.4, 0.5) is 5.69 Å². The molecule has 1 aromatic carbocycles. The fourth-order valence-electron chi connectivity index (χ4n) is 1.62. The van der Waals surface area contributed by atoms with E-state index in [-0.39, 0.29) is 0 Å². The standard InChI is InChI=1S/C13H14N2/c1-9-5-3-4-6-11(9)13-12(14)10(2)7-8-15-13/h3-8H,14H2,1-2H3. The molecule has 0 aliphatic carbocycles. The number of pyridine rings is 1. The number of hydrogen-bond donors (Lipinski definition) is 1. The van der Waals surface area contributed by atoms with Crippen molar-refractivity contribution in [2.45, 2.75) is 13.8 Å². The lowest BCUT2D eigenvalue weighted by Gasteiger charge is -2.09. The van der Waals surface area contributed by atoms with Gasteiger partial charge in [0, 0.05) is 11.8 Å². The molecule has 0 bridgehead atoms. The Hall–Kier alpha value is -1.83. The number of nitrogen functional groups attached to an aromatic ring is 1. The summed E-state index contributed by atoms with van der Waals surface area (Å²) < 4.78 is 0. The van der Waals surface area contributed by atoms with Crippen LogP contribution in [0.15, 0.2) is 36.5 Å². The lowest BCUT2D eigenvalue weighted by Crippen LogP contribution is -1.97. The van der Waals surface area contributed by atoms with E-state index in [1.54, 1.807) is 6.20 Å². The molecule has 2 N–H and O–H groups in total. The smallest absolute Gasteiger partial charge is 0.0936 e. The molecule has 0 atom stereocenters. The van der Waals surface area contributed by atoms with E-state index in [0.717, 1.165) is 22.5 Å². The minimum absolute atomic E-state index is 0.770. The average molecular weight is 198 g/mol. The summed E-state index contributed by atoms with van der Waals surface area (Å²) in [5.41, 5.74) is 11.1. The van der Waals surface area contributed by atoms with Gasteiger partial charge in [0.2, 0.25) is 0 Å². The predicted octanol–water partition coefficient (Wildman–Crippen LogP) is 2.95. The maximum Gasteiger partial charge on any atom is 0.0936 e. The third kappa shape index (κ3) is 1.71. The van der Waals surface area contributed by atoms with E-state index in [1.165, 1.54) is 5.56 Å². The van der Waals surface area contributed by atoms with Crippen LogP contribution in [0.25, 0.3) is 11.3 Å². The number of aromatic nitrogens is 1. The molecule has 15 heavy (non-hydrogen) atoms. The molecule has 0 unspecified atom stereocenters. The van der Waals surface area contributed by atoms with Crippen molar-refractivity contribution in [2.75, 3.05) is 5.73 Å². The highest BCUT2D eigenvalue weighted by Crippen LogP contribution is 2.27. The van der Waals surface area contributed by atoms with Gasteiger partial charge in [-0.3, -0.25) is 4.98 Å². The van der Waals surface area contributed by atoms with Crippen molar-refractivity contribution in [3.05, 3.63) is 47.7 Å². The molecule has 2 aromatic rings. The van der Waals surface area contributed by atoms with E-state index in [0.29, 0.717) is 0 Å². The molecule has 0 spiro atoms. The number of nitrogens with two attached hydrogens (primary N) is 1. The molecular formula is C13H14N2. The molecule has 1 aromatic heterocycles. The second-order valence-electron chi connectivity index (χ2n) is 3.71. The molecule has 2 rings (SSSR count). The zero-order valence-corrected chi connectivity index (χ0v) is 8.99. The zero-order valence-electron chi connectivity index (χ0n) is 8.99. The summed E-state index contributed by atoms with van der Waals surface area (Å²) in [5.74, 6) is 0. The normalized spacial score (nSPS) is 10.3. The third-order valence-corrected chi connectivity index (χ3v) is 2.61. The largest absolute Gasteiger partial charge is 0.397 e. The summed E-state index contributed by atoms with van der Waals surface area (Å²) in [7, 11) is 0. The molecule has 0 amide bonds.